The van der Waals surface area contributed by atoms with E-state index in [0.717, 1.165) is 10.0 Å². The summed E-state index contributed by atoms with van der Waals surface area (Å²) in [6.45, 7) is 0.422. The SMILES string of the molecule is Fc1cc(CNc2ccc(Br)c(Cl)c2Cl)ccc1Cl. The predicted molar refractivity (Wildman–Crippen MR) is 82.9 cm³/mol. The number of rotatable bonds is 3. The van der Waals surface area contributed by atoms with Gasteiger partial charge in [0.1, 0.15) is 5.82 Å². The average molecular weight is 383 g/mol. The fourth-order valence-corrected chi connectivity index (χ4v) is 2.47. The van der Waals surface area contributed by atoms with Crippen molar-refractivity contribution in [2.75, 3.05) is 5.32 Å². The molecule has 6 heteroatoms. The summed E-state index contributed by atoms with van der Waals surface area (Å²) in [4.78, 5) is 0. The highest BCUT2D eigenvalue weighted by molar-refractivity contribution is 9.10. The summed E-state index contributed by atoms with van der Waals surface area (Å²) in [5.74, 6) is -0.444. The molecular formula is C13H8BrCl3FN. The van der Waals surface area contributed by atoms with Gasteiger partial charge in [-0.15, -0.1) is 0 Å². The van der Waals surface area contributed by atoms with Crippen LogP contribution in [0, 0.1) is 5.82 Å². The molecule has 1 N–H and O–H groups in total. The van der Waals surface area contributed by atoms with Crippen LogP contribution in [0.15, 0.2) is 34.8 Å². The molecule has 0 amide bonds. The molecule has 0 aliphatic carbocycles. The lowest BCUT2D eigenvalue weighted by molar-refractivity contribution is 0.626. The van der Waals surface area contributed by atoms with Crippen LogP contribution in [0.5, 0.6) is 0 Å². The Morgan fingerprint density at radius 3 is 2.47 bits per heavy atom. The third-order valence-corrected chi connectivity index (χ3v) is 4.58. The summed E-state index contributed by atoms with van der Waals surface area (Å²) in [6, 6.07) is 8.23. The molecule has 0 unspecified atom stereocenters. The first kappa shape index (κ1) is 14.9. The number of hydrogen-bond acceptors (Lipinski definition) is 1. The van der Waals surface area contributed by atoms with E-state index < -0.39 is 5.82 Å². The minimum absolute atomic E-state index is 0.105. The first-order valence-electron chi connectivity index (χ1n) is 5.30. The van der Waals surface area contributed by atoms with Gasteiger partial charge in [-0.3, -0.25) is 0 Å². The lowest BCUT2D eigenvalue weighted by Gasteiger charge is -2.10. The summed E-state index contributed by atoms with van der Waals surface area (Å²) < 4.78 is 14.0. The van der Waals surface area contributed by atoms with Crippen LogP contribution in [0.3, 0.4) is 0 Å². The molecule has 2 rings (SSSR count). The molecule has 0 spiro atoms. The van der Waals surface area contributed by atoms with Gasteiger partial charge in [0, 0.05) is 11.0 Å². The largest absolute Gasteiger partial charge is 0.380 e. The summed E-state index contributed by atoms with van der Waals surface area (Å²) in [5.41, 5.74) is 1.45. The molecule has 100 valence electrons. The summed E-state index contributed by atoms with van der Waals surface area (Å²) in [7, 11) is 0. The highest BCUT2D eigenvalue weighted by atomic mass is 79.9. The number of nitrogens with one attached hydrogen (secondary N) is 1. The van der Waals surface area contributed by atoms with Crippen molar-refractivity contribution in [3.05, 3.63) is 61.3 Å². The van der Waals surface area contributed by atoms with Crippen molar-refractivity contribution >= 4 is 56.4 Å². The van der Waals surface area contributed by atoms with Crippen LogP contribution in [0.2, 0.25) is 15.1 Å². The van der Waals surface area contributed by atoms with Crippen LogP contribution < -0.4 is 5.32 Å². The van der Waals surface area contributed by atoms with E-state index in [1.165, 1.54) is 12.1 Å². The van der Waals surface area contributed by atoms with E-state index in [9.17, 15) is 4.39 Å². The molecule has 0 aromatic heterocycles. The normalized spacial score (nSPS) is 10.6. The van der Waals surface area contributed by atoms with Crippen molar-refractivity contribution in [3.8, 4) is 0 Å². The second-order valence-corrected chi connectivity index (χ2v) is 5.84. The van der Waals surface area contributed by atoms with E-state index in [4.69, 9.17) is 34.8 Å². The molecule has 0 saturated carbocycles. The van der Waals surface area contributed by atoms with Gasteiger partial charge in [-0.1, -0.05) is 40.9 Å². The lowest BCUT2D eigenvalue weighted by Crippen LogP contribution is -2.00. The van der Waals surface area contributed by atoms with E-state index in [1.54, 1.807) is 18.2 Å². The van der Waals surface area contributed by atoms with Gasteiger partial charge in [0.2, 0.25) is 0 Å². The van der Waals surface area contributed by atoms with Gasteiger partial charge in [0.25, 0.3) is 0 Å². The maximum atomic E-state index is 13.3. The van der Waals surface area contributed by atoms with Crippen molar-refractivity contribution in [1.29, 1.82) is 0 Å². The zero-order valence-electron chi connectivity index (χ0n) is 9.48. The van der Waals surface area contributed by atoms with Crippen LogP contribution in [0.25, 0.3) is 0 Å². The number of halogens is 5. The van der Waals surface area contributed by atoms with Crippen molar-refractivity contribution in [1.82, 2.24) is 0 Å². The van der Waals surface area contributed by atoms with Gasteiger partial charge in [-0.05, 0) is 45.8 Å². The van der Waals surface area contributed by atoms with Crippen molar-refractivity contribution in [2.45, 2.75) is 6.54 Å². The van der Waals surface area contributed by atoms with E-state index in [0.29, 0.717) is 22.3 Å². The number of anilines is 1. The third-order valence-electron chi connectivity index (χ3n) is 2.50. The maximum absolute atomic E-state index is 13.3. The van der Waals surface area contributed by atoms with Crippen LogP contribution in [-0.4, -0.2) is 0 Å². The van der Waals surface area contributed by atoms with Crippen LogP contribution >= 0.6 is 50.7 Å². The Balaban J connectivity index is 2.14. The monoisotopic (exact) mass is 381 g/mol. The predicted octanol–water partition coefficient (Wildman–Crippen LogP) is 6.16. The molecule has 0 atom stereocenters. The molecule has 0 bridgehead atoms. The highest BCUT2D eigenvalue weighted by Gasteiger charge is 2.08. The van der Waals surface area contributed by atoms with Crippen molar-refractivity contribution in [3.63, 3.8) is 0 Å². The Morgan fingerprint density at radius 1 is 1.05 bits per heavy atom. The van der Waals surface area contributed by atoms with Crippen LogP contribution in [0.1, 0.15) is 5.56 Å². The van der Waals surface area contributed by atoms with Gasteiger partial charge < -0.3 is 5.32 Å². The van der Waals surface area contributed by atoms with Crippen molar-refractivity contribution < 1.29 is 4.39 Å². The topological polar surface area (TPSA) is 12.0 Å². The zero-order valence-corrected chi connectivity index (χ0v) is 13.3. The van der Waals surface area contributed by atoms with Crippen molar-refractivity contribution in [2.24, 2.45) is 0 Å². The second kappa shape index (κ2) is 6.31. The summed E-state index contributed by atoms with van der Waals surface area (Å²) in [6.07, 6.45) is 0. The lowest BCUT2D eigenvalue weighted by atomic mass is 10.2. The molecule has 2 aromatic rings. The molecule has 0 heterocycles. The second-order valence-electron chi connectivity index (χ2n) is 3.82. The smallest absolute Gasteiger partial charge is 0.142 e. The summed E-state index contributed by atoms with van der Waals surface area (Å²) >= 11 is 21.0. The van der Waals surface area contributed by atoms with E-state index in [-0.39, 0.29) is 5.02 Å². The minimum atomic E-state index is -0.444. The zero-order chi connectivity index (χ0) is 14.0. The molecule has 1 nitrogen and oxygen atoms in total. The quantitative estimate of drug-likeness (QED) is 0.626. The minimum Gasteiger partial charge on any atom is -0.380 e. The maximum Gasteiger partial charge on any atom is 0.142 e. The summed E-state index contributed by atoms with van der Waals surface area (Å²) in [5, 5.41) is 4.06. The van der Waals surface area contributed by atoms with Gasteiger partial charge in [0.05, 0.1) is 20.8 Å². The molecular weight excluding hydrogens is 375 g/mol. The molecule has 0 radical (unpaired) electrons. The average Bonchev–Trinajstić information content (AvgIpc) is 2.39. The van der Waals surface area contributed by atoms with E-state index in [2.05, 4.69) is 21.2 Å². The first-order chi connectivity index (χ1) is 8.99. The molecule has 0 aliphatic rings. The van der Waals surface area contributed by atoms with Gasteiger partial charge in [0.15, 0.2) is 0 Å². The Labute approximate surface area is 133 Å². The Kier molecular flexibility index (Phi) is 4.96. The first-order valence-corrected chi connectivity index (χ1v) is 7.23. The molecule has 2 aromatic carbocycles. The molecule has 0 fully saturated rings. The molecule has 0 saturated heterocycles. The third kappa shape index (κ3) is 3.54. The Morgan fingerprint density at radius 2 is 1.79 bits per heavy atom. The van der Waals surface area contributed by atoms with E-state index >= 15 is 0 Å². The fraction of sp³-hybridized carbons (Fsp3) is 0.0769. The Hall–Kier alpha value is -0.480. The Bertz CT molecular complexity index is 619. The van der Waals surface area contributed by atoms with Gasteiger partial charge >= 0.3 is 0 Å². The highest BCUT2D eigenvalue weighted by Crippen LogP contribution is 2.36. The van der Waals surface area contributed by atoms with Crippen LogP contribution in [0.4, 0.5) is 10.1 Å². The van der Waals surface area contributed by atoms with Gasteiger partial charge in [-0.2, -0.15) is 0 Å². The molecule has 0 aliphatic heterocycles. The molecule has 19 heavy (non-hydrogen) atoms. The number of benzene rings is 2. The van der Waals surface area contributed by atoms with Gasteiger partial charge in [-0.25, -0.2) is 4.39 Å². The van der Waals surface area contributed by atoms with Crippen LogP contribution in [-0.2, 0) is 6.54 Å². The van der Waals surface area contributed by atoms with E-state index in [1.807, 2.05) is 0 Å². The standard InChI is InChI=1S/C13H8BrCl3FN/c14-8-2-4-11(13(17)12(8)16)19-6-7-1-3-9(15)10(18)5-7/h1-5,19H,6H2. The number of hydrogen-bond donors (Lipinski definition) is 1. The fourth-order valence-electron chi connectivity index (χ4n) is 1.51.